The van der Waals surface area contributed by atoms with Gasteiger partial charge in [0.15, 0.2) is 0 Å². The molecule has 11 aromatic rings. The van der Waals surface area contributed by atoms with E-state index in [0.717, 1.165) is 17.1 Å². The number of hydrogen-bond acceptors (Lipinski definition) is 2. The van der Waals surface area contributed by atoms with Crippen molar-refractivity contribution in [3.05, 3.63) is 206 Å². The van der Waals surface area contributed by atoms with Crippen LogP contribution in [0.4, 0.5) is 17.1 Å². The number of para-hydroxylation sites is 4. The van der Waals surface area contributed by atoms with Crippen LogP contribution in [-0.2, 0) is 0 Å². The van der Waals surface area contributed by atoms with E-state index in [2.05, 4.69) is 216 Å². The van der Waals surface area contributed by atoms with Gasteiger partial charge in [-0.2, -0.15) is 0 Å². The molecular formula is C52H34N2S. The van der Waals surface area contributed by atoms with Crippen molar-refractivity contribution in [3.63, 3.8) is 0 Å². The van der Waals surface area contributed by atoms with Crippen molar-refractivity contribution in [3.8, 4) is 27.9 Å². The molecule has 0 N–H and O–H groups in total. The summed E-state index contributed by atoms with van der Waals surface area (Å²) in [6.45, 7) is 0. The van der Waals surface area contributed by atoms with Gasteiger partial charge < -0.3 is 9.47 Å². The number of rotatable bonds is 6. The second-order valence-corrected chi connectivity index (χ2v) is 15.1. The molecule has 0 radical (unpaired) electrons. The summed E-state index contributed by atoms with van der Waals surface area (Å²) in [7, 11) is 0. The van der Waals surface area contributed by atoms with Crippen LogP contribution in [0.15, 0.2) is 206 Å². The molecule has 0 bridgehead atoms. The number of benzene rings is 9. The highest BCUT2D eigenvalue weighted by Gasteiger charge is 2.18. The normalized spacial score (nSPS) is 11.6. The molecule has 9 aromatic carbocycles. The van der Waals surface area contributed by atoms with Crippen molar-refractivity contribution < 1.29 is 0 Å². The molecule has 55 heavy (non-hydrogen) atoms. The molecule has 0 atom stereocenters. The average Bonchev–Trinajstić information content (AvgIpc) is 3.81. The minimum Gasteiger partial charge on any atom is -0.311 e. The number of fused-ring (bicyclic) bond motifs is 8. The van der Waals surface area contributed by atoms with Crippen LogP contribution in [0.2, 0.25) is 0 Å². The summed E-state index contributed by atoms with van der Waals surface area (Å²) in [6, 6.07) is 74.9. The van der Waals surface area contributed by atoms with Gasteiger partial charge in [-0.3, -0.25) is 0 Å². The molecule has 2 heterocycles. The lowest BCUT2D eigenvalue weighted by molar-refractivity contribution is 1.18. The standard InChI is InChI=1S/C52H34N2S/c1-2-14-38(15-3-1)53(40-32-27-37(28-33-40)43-20-12-21-46-47-34-29-35-13-4-5-17-42(35)52(47)55-51(43)46)39-30-25-36(26-31-39)41-16-6-9-22-48(41)54-49-23-10-7-18-44(49)45-19-8-11-24-50(45)54/h1-34H. The van der Waals surface area contributed by atoms with Crippen LogP contribution < -0.4 is 4.90 Å². The van der Waals surface area contributed by atoms with Gasteiger partial charge in [-0.15, -0.1) is 11.3 Å². The maximum absolute atomic E-state index is 2.41. The van der Waals surface area contributed by atoms with Gasteiger partial charge in [0.2, 0.25) is 0 Å². The quantitative estimate of drug-likeness (QED) is 0.166. The first kappa shape index (κ1) is 31.6. The zero-order chi connectivity index (χ0) is 36.3. The molecule has 0 aliphatic heterocycles. The Kier molecular flexibility index (Phi) is 7.39. The second-order valence-electron chi connectivity index (χ2n) is 14.1. The lowest BCUT2D eigenvalue weighted by Gasteiger charge is -2.26. The van der Waals surface area contributed by atoms with Crippen molar-refractivity contribution in [2.24, 2.45) is 0 Å². The van der Waals surface area contributed by atoms with E-state index in [9.17, 15) is 0 Å². The Morgan fingerprint density at radius 1 is 0.327 bits per heavy atom. The largest absolute Gasteiger partial charge is 0.311 e. The van der Waals surface area contributed by atoms with Gasteiger partial charge in [0.25, 0.3) is 0 Å². The Morgan fingerprint density at radius 3 is 1.55 bits per heavy atom. The summed E-state index contributed by atoms with van der Waals surface area (Å²) in [6.07, 6.45) is 0. The molecule has 3 heteroatoms. The summed E-state index contributed by atoms with van der Waals surface area (Å²) in [5, 5.41) is 7.78. The molecule has 0 unspecified atom stereocenters. The Balaban J connectivity index is 0.984. The first-order chi connectivity index (χ1) is 27.3. The number of aromatic nitrogens is 1. The van der Waals surface area contributed by atoms with Crippen LogP contribution in [0.25, 0.3) is 80.7 Å². The Hall–Kier alpha value is -6.94. The third-order valence-electron chi connectivity index (χ3n) is 11.0. The minimum atomic E-state index is 1.11. The van der Waals surface area contributed by atoms with E-state index in [1.807, 2.05) is 11.3 Å². The zero-order valence-electron chi connectivity index (χ0n) is 29.9. The van der Waals surface area contributed by atoms with Gasteiger partial charge in [-0.1, -0.05) is 152 Å². The predicted molar refractivity (Wildman–Crippen MR) is 237 cm³/mol. The molecule has 0 fully saturated rings. The van der Waals surface area contributed by atoms with Crippen LogP contribution in [0.3, 0.4) is 0 Å². The maximum Gasteiger partial charge on any atom is 0.0541 e. The summed E-state index contributed by atoms with van der Waals surface area (Å²) >= 11 is 1.91. The summed E-state index contributed by atoms with van der Waals surface area (Å²) in [5.74, 6) is 0. The van der Waals surface area contributed by atoms with Crippen molar-refractivity contribution in [2.75, 3.05) is 4.90 Å². The molecule has 0 spiro atoms. The van der Waals surface area contributed by atoms with Crippen LogP contribution in [0.1, 0.15) is 0 Å². The van der Waals surface area contributed by atoms with E-state index < -0.39 is 0 Å². The van der Waals surface area contributed by atoms with Crippen molar-refractivity contribution in [1.82, 2.24) is 4.57 Å². The molecule has 11 rings (SSSR count). The number of thiophene rings is 1. The van der Waals surface area contributed by atoms with Crippen molar-refractivity contribution in [2.45, 2.75) is 0 Å². The van der Waals surface area contributed by atoms with E-state index in [-0.39, 0.29) is 0 Å². The maximum atomic E-state index is 2.41. The molecule has 0 aliphatic carbocycles. The van der Waals surface area contributed by atoms with Gasteiger partial charge >= 0.3 is 0 Å². The SMILES string of the molecule is c1ccc(N(c2ccc(-c3ccccc3-n3c4ccccc4c4ccccc43)cc2)c2ccc(-c3cccc4c3sc3c5ccccc5ccc43)cc2)cc1. The van der Waals surface area contributed by atoms with Gasteiger partial charge in [-0.05, 0) is 82.1 Å². The van der Waals surface area contributed by atoms with Crippen molar-refractivity contribution in [1.29, 1.82) is 0 Å². The molecule has 2 aromatic heterocycles. The minimum absolute atomic E-state index is 1.11. The smallest absolute Gasteiger partial charge is 0.0541 e. The van der Waals surface area contributed by atoms with Crippen LogP contribution in [0.5, 0.6) is 0 Å². The molecular weight excluding hydrogens is 685 g/mol. The van der Waals surface area contributed by atoms with Crippen LogP contribution in [-0.4, -0.2) is 4.57 Å². The average molecular weight is 719 g/mol. The molecule has 0 saturated heterocycles. The van der Waals surface area contributed by atoms with E-state index in [1.54, 1.807) is 0 Å². The Labute approximate surface area is 323 Å². The lowest BCUT2D eigenvalue weighted by Crippen LogP contribution is -2.09. The molecule has 0 amide bonds. The number of hydrogen-bond donors (Lipinski definition) is 0. The van der Waals surface area contributed by atoms with Crippen molar-refractivity contribution >= 4 is 81.1 Å². The fourth-order valence-electron chi connectivity index (χ4n) is 8.45. The zero-order valence-corrected chi connectivity index (χ0v) is 30.7. The van der Waals surface area contributed by atoms with Gasteiger partial charge in [0.05, 0.1) is 16.7 Å². The third-order valence-corrected chi connectivity index (χ3v) is 12.3. The highest BCUT2D eigenvalue weighted by molar-refractivity contribution is 7.27. The van der Waals surface area contributed by atoms with Gasteiger partial charge in [-0.25, -0.2) is 0 Å². The summed E-state index contributed by atoms with van der Waals surface area (Å²) in [5.41, 5.74) is 11.8. The Bertz CT molecular complexity index is 3140. The van der Waals surface area contributed by atoms with E-state index in [0.29, 0.717) is 0 Å². The van der Waals surface area contributed by atoms with Crippen LogP contribution in [0, 0.1) is 0 Å². The first-order valence-corrected chi connectivity index (χ1v) is 19.6. The predicted octanol–water partition coefficient (Wildman–Crippen LogP) is 15.1. The number of nitrogens with zero attached hydrogens (tertiary/aromatic N) is 2. The van der Waals surface area contributed by atoms with E-state index >= 15 is 0 Å². The van der Waals surface area contributed by atoms with Crippen LogP contribution >= 0.6 is 11.3 Å². The highest BCUT2D eigenvalue weighted by Crippen LogP contribution is 2.44. The fourth-order valence-corrected chi connectivity index (χ4v) is 9.82. The first-order valence-electron chi connectivity index (χ1n) is 18.8. The van der Waals surface area contributed by atoms with E-state index in [1.165, 1.54) is 80.7 Å². The molecule has 0 aliphatic rings. The van der Waals surface area contributed by atoms with E-state index in [4.69, 9.17) is 0 Å². The number of anilines is 3. The molecule has 0 saturated carbocycles. The Morgan fingerprint density at radius 2 is 0.836 bits per heavy atom. The topological polar surface area (TPSA) is 8.17 Å². The second kappa shape index (κ2) is 12.9. The fraction of sp³-hybridized carbons (Fsp3) is 0. The third kappa shape index (κ3) is 5.16. The lowest BCUT2D eigenvalue weighted by atomic mass is 10.0. The summed E-state index contributed by atoms with van der Waals surface area (Å²) in [4.78, 5) is 2.35. The molecule has 2 nitrogen and oxygen atoms in total. The highest BCUT2D eigenvalue weighted by atomic mass is 32.1. The van der Waals surface area contributed by atoms with Gasteiger partial charge in [0, 0.05) is 53.6 Å². The monoisotopic (exact) mass is 718 g/mol. The van der Waals surface area contributed by atoms with Gasteiger partial charge in [0.1, 0.15) is 0 Å². The summed E-state index contributed by atoms with van der Waals surface area (Å²) < 4.78 is 5.10. The molecule has 258 valence electrons.